The van der Waals surface area contributed by atoms with Crippen LogP contribution < -0.4 is 10.6 Å². The Labute approximate surface area is 120 Å². The predicted octanol–water partition coefficient (Wildman–Crippen LogP) is 2.62. The number of nitrogen functional groups attached to an aromatic ring is 1. The van der Waals surface area contributed by atoms with E-state index in [-0.39, 0.29) is 16.8 Å². The van der Waals surface area contributed by atoms with Gasteiger partial charge in [-0.2, -0.15) is 0 Å². The number of anilines is 2. The van der Waals surface area contributed by atoms with Crippen LogP contribution in [0.3, 0.4) is 0 Å². The highest BCUT2D eigenvalue weighted by atomic mass is 35.5. The molecule has 104 valence electrons. The summed E-state index contributed by atoms with van der Waals surface area (Å²) in [5, 5.41) is 8.26. The van der Waals surface area contributed by atoms with E-state index in [0.717, 1.165) is 0 Å². The molecule has 3 N–H and O–H groups in total. The average molecular weight is 294 g/mol. The number of aryl methyl sites for hydroxylation is 1. The van der Waals surface area contributed by atoms with E-state index in [1.165, 1.54) is 23.2 Å². The summed E-state index contributed by atoms with van der Waals surface area (Å²) >= 11 is 5.72. The van der Waals surface area contributed by atoms with Crippen LogP contribution in [0.4, 0.5) is 15.9 Å². The maximum atomic E-state index is 13.4. The molecular weight excluding hydrogens is 281 g/mol. The van der Waals surface area contributed by atoms with Crippen LogP contribution in [0.15, 0.2) is 24.4 Å². The lowest BCUT2D eigenvalue weighted by atomic mass is 10.1. The van der Waals surface area contributed by atoms with Gasteiger partial charge in [-0.25, -0.2) is 14.4 Å². The fraction of sp³-hybridized carbons (Fsp3) is 0.154. The van der Waals surface area contributed by atoms with Crippen LogP contribution in [-0.2, 0) is 0 Å². The normalized spacial score (nSPS) is 10.4. The van der Waals surface area contributed by atoms with E-state index in [1.807, 2.05) is 0 Å². The number of nitrogens with one attached hydrogen (secondary N) is 1. The van der Waals surface area contributed by atoms with Gasteiger partial charge in [-0.05, 0) is 42.3 Å². The van der Waals surface area contributed by atoms with Gasteiger partial charge in [0.25, 0.3) is 0 Å². The van der Waals surface area contributed by atoms with E-state index in [1.54, 1.807) is 20.0 Å². The van der Waals surface area contributed by atoms with Crippen molar-refractivity contribution < 1.29 is 4.39 Å². The minimum Gasteiger partial charge on any atom is -0.398 e. The Morgan fingerprint density at radius 1 is 1.45 bits per heavy atom. The molecule has 0 aliphatic heterocycles. The van der Waals surface area contributed by atoms with Crippen LogP contribution in [-0.4, -0.2) is 22.9 Å². The Morgan fingerprint density at radius 2 is 2.15 bits per heavy atom. The molecule has 1 heterocycles. The summed E-state index contributed by atoms with van der Waals surface area (Å²) < 4.78 is 13.4. The van der Waals surface area contributed by atoms with Crippen molar-refractivity contribution in [1.82, 2.24) is 9.97 Å². The number of hydrogen-bond donors (Lipinski definition) is 2. The van der Waals surface area contributed by atoms with Crippen molar-refractivity contribution in [2.45, 2.75) is 6.92 Å². The highest BCUT2D eigenvalue weighted by Crippen LogP contribution is 2.21. The third-order valence-corrected chi connectivity index (χ3v) is 3.06. The van der Waals surface area contributed by atoms with Gasteiger partial charge in [0.15, 0.2) is 0 Å². The minimum absolute atomic E-state index is 0.0883. The Bertz CT molecular complexity index is 674. The Hall–Kier alpha value is -2.21. The van der Waals surface area contributed by atoms with Crippen molar-refractivity contribution in [1.29, 1.82) is 5.41 Å². The molecule has 1 aromatic carbocycles. The van der Waals surface area contributed by atoms with Gasteiger partial charge in [0.05, 0.1) is 0 Å². The standard InChI is InChI=1S/C13H13ClFN5/c1-7-5-8(10(16)6-9(7)15)12(17)20(2)11-3-4-18-13(14)19-11/h3-6,17H,16H2,1-2H3. The molecule has 2 rings (SSSR count). The molecule has 5 nitrogen and oxygen atoms in total. The molecule has 2 aromatic rings. The molecule has 0 saturated heterocycles. The van der Waals surface area contributed by atoms with Gasteiger partial charge in [0.2, 0.25) is 5.28 Å². The summed E-state index contributed by atoms with van der Waals surface area (Å²) in [6.45, 7) is 1.62. The smallest absolute Gasteiger partial charge is 0.224 e. The molecular formula is C13H13ClFN5. The summed E-state index contributed by atoms with van der Waals surface area (Å²) in [5.74, 6) is 0.156. The molecule has 0 saturated carbocycles. The highest BCUT2D eigenvalue weighted by Gasteiger charge is 2.15. The van der Waals surface area contributed by atoms with Crippen molar-refractivity contribution in [3.63, 3.8) is 0 Å². The average Bonchev–Trinajstić information content (AvgIpc) is 2.41. The van der Waals surface area contributed by atoms with E-state index in [0.29, 0.717) is 16.9 Å². The number of nitrogens with two attached hydrogens (primary N) is 1. The second-order valence-electron chi connectivity index (χ2n) is 4.28. The van der Waals surface area contributed by atoms with Gasteiger partial charge >= 0.3 is 0 Å². The number of hydrogen-bond acceptors (Lipinski definition) is 4. The molecule has 0 aliphatic carbocycles. The Balaban J connectivity index is 2.39. The van der Waals surface area contributed by atoms with Gasteiger partial charge in [-0.15, -0.1) is 0 Å². The van der Waals surface area contributed by atoms with Crippen LogP contribution in [0.1, 0.15) is 11.1 Å². The molecule has 0 fully saturated rings. The molecule has 20 heavy (non-hydrogen) atoms. The first-order valence-corrected chi connectivity index (χ1v) is 6.14. The molecule has 7 heteroatoms. The molecule has 0 spiro atoms. The molecule has 0 radical (unpaired) electrons. The van der Waals surface area contributed by atoms with Gasteiger partial charge in [-0.3, -0.25) is 5.41 Å². The second-order valence-corrected chi connectivity index (χ2v) is 4.62. The Kier molecular flexibility index (Phi) is 3.85. The highest BCUT2D eigenvalue weighted by molar-refractivity contribution is 6.28. The third-order valence-electron chi connectivity index (χ3n) is 2.88. The number of amidine groups is 1. The van der Waals surface area contributed by atoms with Gasteiger partial charge in [0.1, 0.15) is 17.5 Å². The number of nitrogens with zero attached hydrogens (tertiary/aromatic N) is 3. The van der Waals surface area contributed by atoms with Crippen LogP contribution in [0.2, 0.25) is 5.28 Å². The zero-order valence-corrected chi connectivity index (χ0v) is 11.7. The van der Waals surface area contributed by atoms with Gasteiger partial charge < -0.3 is 10.6 Å². The van der Waals surface area contributed by atoms with Gasteiger partial charge in [0, 0.05) is 24.5 Å². The second kappa shape index (κ2) is 5.42. The van der Waals surface area contributed by atoms with Crippen molar-refractivity contribution in [2.75, 3.05) is 17.7 Å². The number of aromatic nitrogens is 2. The van der Waals surface area contributed by atoms with E-state index >= 15 is 0 Å². The molecule has 0 unspecified atom stereocenters. The predicted molar refractivity (Wildman–Crippen MR) is 77.8 cm³/mol. The monoisotopic (exact) mass is 293 g/mol. The van der Waals surface area contributed by atoms with Crippen molar-refractivity contribution in [3.8, 4) is 0 Å². The van der Waals surface area contributed by atoms with Crippen LogP contribution >= 0.6 is 11.6 Å². The first-order valence-electron chi connectivity index (χ1n) is 5.77. The SMILES string of the molecule is Cc1cc(C(=N)N(C)c2ccnc(Cl)n2)c(N)cc1F. The summed E-state index contributed by atoms with van der Waals surface area (Å²) in [6, 6.07) is 4.36. The van der Waals surface area contributed by atoms with Crippen LogP contribution in [0.25, 0.3) is 0 Å². The lowest BCUT2D eigenvalue weighted by molar-refractivity contribution is 0.619. The van der Waals surface area contributed by atoms with E-state index in [9.17, 15) is 4.39 Å². The Morgan fingerprint density at radius 3 is 2.80 bits per heavy atom. The summed E-state index contributed by atoms with van der Waals surface area (Å²) in [5.41, 5.74) is 6.83. The fourth-order valence-electron chi connectivity index (χ4n) is 1.71. The van der Waals surface area contributed by atoms with E-state index < -0.39 is 5.82 Å². The van der Waals surface area contributed by atoms with Crippen molar-refractivity contribution >= 4 is 28.9 Å². The van der Waals surface area contributed by atoms with Gasteiger partial charge in [-0.1, -0.05) is 0 Å². The lowest BCUT2D eigenvalue weighted by Crippen LogP contribution is -2.28. The number of halogens is 2. The summed E-state index contributed by atoms with van der Waals surface area (Å²) in [4.78, 5) is 9.29. The molecule has 0 amide bonds. The maximum absolute atomic E-state index is 13.4. The first-order chi connectivity index (χ1) is 9.40. The zero-order chi connectivity index (χ0) is 14.9. The topological polar surface area (TPSA) is 78.9 Å². The molecule has 0 atom stereocenters. The molecule has 1 aromatic heterocycles. The largest absolute Gasteiger partial charge is 0.398 e. The summed E-state index contributed by atoms with van der Waals surface area (Å²) in [6.07, 6.45) is 1.49. The zero-order valence-electron chi connectivity index (χ0n) is 11.0. The number of rotatable bonds is 2. The minimum atomic E-state index is -0.396. The van der Waals surface area contributed by atoms with Crippen LogP contribution in [0, 0.1) is 18.2 Å². The van der Waals surface area contributed by atoms with Crippen molar-refractivity contribution in [2.24, 2.45) is 0 Å². The number of benzene rings is 1. The van der Waals surface area contributed by atoms with E-state index in [2.05, 4.69) is 9.97 Å². The quantitative estimate of drug-likeness (QED) is 0.386. The lowest BCUT2D eigenvalue weighted by Gasteiger charge is -2.20. The first kappa shape index (κ1) is 14.2. The van der Waals surface area contributed by atoms with Crippen LogP contribution in [0.5, 0.6) is 0 Å². The third kappa shape index (κ3) is 2.70. The molecule has 0 bridgehead atoms. The fourth-order valence-corrected chi connectivity index (χ4v) is 1.85. The van der Waals surface area contributed by atoms with E-state index in [4.69, 9.17) is 22.7 Å². The molecule has 0 aliphatic rings. The summed E-state index contributed by atoms with van der Waals surface area (Å²) in [7, 11) is 1.65. The van der Waals surface area contributed by atoms with Crippen molar-refractivity contribution in [3.05, 3.63) is 46.6 Å². The maximum Gasteiger partial charge on any atom is 0.224 e.